The van der Waals surface area contributed by atoms with Crippen LogP contribution in [-0.4, -0.2) is 28.1 Å². The number of fused-ring (bicyclic) bond motifs is 1. The number of amides is 1. The number of benzene rings is 2. The Balaban J connectivity index is 1.93. The lowest BCUT2D eigenvalue weighted by atomic mass is 10.0. The number of methoxy groups -OCH3 is 1. The summed E-state index contributed by atoms with van der Waals surface area (Å²) in [5.74, 6) is 0.331. The minimum atomic E-state index is -0.194. The maximum absolute atomic E-state index is 11.5. The zero-order chi connectivity index (χ0) is 18.8. The largest absolute Gasteiger partial charge is 0.494 e. The molecule has 0 bridgehead atoms. The van der Waals surface area contributed by atoms with Crippen molar-refractivity contribution >= 4 is 22.5 Å². The number of carbonyl (C=O) groups excluding carboxylic acids is 1. The summed E-state index contributed by atoms with van der Waals surface area (Å²) in [7, 11) is 1.54. The highest BCUT2D eigenvalue weighted by molar-refractivity contribution is 6.01. The molecule has 0 aliphatic carbocycles. The minimum Gasteiger partial charge on any atom is -0.494 e. The van der Waals surface area contributed by atoms with Gasteiger partial charge in [-0.1, -0.05) is 35.5 Å². The summed E-state index contributed by atoms with van der Waals surface area (Å²) in [6.45, 7) is 1.44. The van der Waals surface area contributed by atoms with Crippen LogP contribution in [0, 0.1) is 0 Å². The Morgan fingerprint density at radius 3 is 2.67 bits per heavy atom. The summed E-state index contributed by atoms with van der Waals surface area (Å²) >= 11 is 0. The van der Waals surface area contributed by atoms with Crippen molar-refractivity contribution in [1.29, 1.82) is 0 Å². The van der Waals surface area contributed by atoms with Crippen LogP contribution in [0.25, 0.3) is 33.4 Å². The van der Waals surface area contributed by atoms with Crippen LogP contribution < -0.4 is 10.1 Å². The van der Waals surface area contributed by atoms with Gasteiger partial charge in [0, 0.05) is 23.9 Å². The first-order valence-electron chi connectivity index (χ1n) is 8.28. The average Bonchev–Trinajstić information content (AvgIpc) is 3.17. The molecular weight excluding hydrogens is 344 g/mol. The SMILES string of the molecule is COc1cc2ncnc(-c3conc3-c3ccccc3)c2cc1NC(C)=O. The van der Waals surface area contributed by atoms with Gasteiger partial charge in [-0.2, -0.15) is 0 Å². The Hall–Kier alpha value is -3.74. The molecule has 0 fully saturated rings. The van der Waals surface area contributed by atoms with Gasteiger partial charge in [-0.3, -0.25) is 4.79 Å². The lowest BCUT2D eigenvalue weighted by Gasteiger charge is -2.12. The lowest BCUT2D eigenvalue weighted by molar-refractivity contribution is -0.114. The predicted molar refractivity (Wildman–Crippen MR) is 101 cm³/mol. The second kappa shape index (κ2) is 6.87. The Bertz CT molecular complexity index is 1120. The fourth-order valence-corrected chi connectivity index (χ4v) is 2.96. The summed E-state index contributed by atoms with van der Waals surface area (Å²) in [6.07, 6.45) is 3.05. The molecule has 0 unspecified atom stereocenters. The number of nitrogens with one attached hydrogen (secondary N) is 1. The van der Waals surface area contributed by atoms with E-state index in [9.17, 15) is 4.79 Å². The second-order valence-corrected chi connectivity index (χ2v) is 5.92. The van der Waals surface area contributed by atoms with E-state index in [1.807, 2.05) is 30.3 Å². The van der Waals surface area contributed by atoms with E-state index in [1.54, 1.807) is 25.5 Å². The van der Waals surface area contributed by atoms with E-state index in [0.29, 0.717) is 28.3 Å². The Morgan fingerprint density at radius 2 is 1.93 bits per heavy atom. The van der Waals surface area contributed by atoms with Gasteiger partial charge in [0.15, 0.2) is 0 Å². The fourth-order valence-electron chi connectivity index (χ4n) is 2.96. The van der Waals surface area contributed by atoms with Gasteiger partial charge >= 0.3 is 0 Å². The van der Waals surface area contributed by atoms with Gasteiger partial charge in [0.1, 0.15) is 24.0 Å². The molecule has 0 atom stereocenters. The van der Waals surface area contributed by atoms with Crippen LogP contribution in [0.1, 0.15) is 6.92 Å². The van der Waals surface area contributed by atoms with Crippen LogP contribution in [0.15, 0.2) is 59.6 Å². The standard InChI is InChI=1S/C20H16N4O3/c1-12(25)23-17-8-14-16(9-18(17)26-2)21-11-22-20(14)15-10-27-24-19(15)13-6-4-3-5-7-13/h3-11H,1-2H3,(H,23,25). The molecule has 0 aliphatic rings. The van der Waals surface area contributed by atoms with E-state index < -0.39 is 0 Å². The van der Waals surface area contributed by atoms with Gasteiger partial charge in [-0.15, -0.1) is 0 Å². The number of ether oxygens (including phenoxy) is 1. The Kier molecular flexibility index (Phi) is 4.25. The van der Waals surface area contributed by atoms with Crippen molar-refractivity contribution in [3.8, 4) is 28.3 Å². The third kappa shape index (κ3) is 3.10. The number of rotatable bonds is 4. The molecule has 4 aromatic rings. The van der Waals surface area contributed by atoms with Crippen LogP contribution in [0.4, 0.5) is 5.69 Å². The maximum Gasteiger partial charge on any atom is 0.221 e. The van der Waals surface area contributed by atoms with E-state index in [0.717, 1.165) is 16.5 Å². The van der Waals surface area contributed by atoms with Crippen molar-refractivity contribution < 1.29 is 14.1 Å². The molecule has 2 aromatic carbocycles. The quantitative estimate of drug-likeness (QED) is 0.593. The fraction of sp³-hybridized carbons (Fsp3) is 0.100. The molecule has 0 radical (unpaired) electrons. The van der Waals surface area contributed by atoms with E-state index in [-0.39, 0.29) is 5.91 Å². The van der Waals surface area contributed by atoms with Gasteiger partial charge in [-0.25, -0.2) is 9.97 Å². The molecule has 0 aliphatic heterocycles. The first-order chi connectivity index (χ1) is 13.2. The first-order valence-corrected chi connectivity index (χ1v) is 8.28. The molecule has 0 saturated carbocycles. The number of hydrogen-bond donors (Lipinski definition) is 1. The van der Waals surface area contributed by atoms with Gasteiger partial charge in [0.05, 0.1) is 29.6 Å². The highest BCUT2D eigenvalue weighted by Crippen LogP contribution is 2.37. The predicted octanol–water partition coefficient (Wildman–Crippen LogP) is 3.92. The molecule has 4 rings (SSSR count). The zero-order valence-electron chi connectivity index (χ0n) is 14.8. The average molecular weight is 360 g/mol. The molecule has 0 spiro atoms. The second-order valence-electron chi connectivity index (χ2n) is 5.92. The Labute approximate surface area is 155 Å². The zero-order valence-corrected chi connectivity index (χ0v) is 14.8. The molecule has 2 aromatic heterocycles. The molecule has 27 heavy (non-hydrogen) atoms. The van der Waals surface area contributed by atoms with Crippen molar-refractivity contribution in [2.24, 2.45) is 0 Å². The number of anilines is 1. The van der Waals surface area contributed by atoms with Gasteiger partial charge in [0.2, 0.25) is 5.91 Å². The van der Waals surface area contributed by atoms with Crippen molar-refractivity contribution in [3.05, 3.63) is 55.1 Å². The monoisotopic (exact) mass is 360 g/mol. The number of nitrogens with zero attached hydrogens (tertiary/aromatic N) is 3. The number of carbonyl (C=O) groups is 1. The van der Waals surface area contributed by atoms with Gasteiger partial charge in [0.25, 0.3) is 0 Å². The van der Waals surface area contributed by atoms with E-state index in [4.69, 9.17) is 9.26 Å². The molecule has 134 valence electrons. The maximum atomic E-state index is 11.5. The van der Waals surface area contributed by atoms with Crippen LogP contribution >= 0.6 is 0 Å². The van der Waals surface area contributed by atoms with Gasteiger partial charge < -0.3 is 14.6 Å². The molecule has 1 amide bonds. The summed E-state index contributed by atoms with van der Waals surface area (Å²) in [5, 5.41) is 7.67. The molecule has 7 heteroatoms. The summed E-state index contributed by atoms with van der Waals surface area (Å²) in [6, 6.07) is 13.3. The smallest absolute Gasteiger partial charge is 0.221 e. The first kappa shape index (κ1) is 16.7. The van der Waals surface area contributed by atoms with E-state index in [2.05, 4.69) is 20.4 Å². The lowest BCUT2D eigenvalue weighted by Crippen LogP contribution is -2.07. The van der Waals surface area contributed by atoms with Crippen molar-refractivity contribution in [1.82, 2.24) is 15.1 Å². The Morgan fingerprint density at radius 1 is 1.11 bits per heavy atom. The molecule has 1 N–H and O–H groups in total. The number of aromatic nitrogens is 3. The molecule has 2 heterocycles. The van der Waals surface area contributed by atoms with Gasteiger partial charge in [-0.05, 0) is 6.07 Å². The van der Waals surface area contributed by atoms with Crippen LogP contribution in [-0.2, 0) is 4.79 Å². The number of hydrogen-bond acceptors (Lipinski definition) is 6. The van der Waals surface area contributed by atoms with E-state index in [1.165, 1.54) is 13.3 Å². The van der Waals surface area contributed by atoms with Crippen LogP contribution in [0.2, 0.25) is 0 Å². The minimum absolute atomic E-state index is 0.194. The molecular formula is C20H16N4O3. The molecule has 7 nitrogen and oxygen atoms in total. The third-order valence-corrected chi connectivity index (χ3v) is 4.14. The normalized spacial score (nSPS) is 10.7. The summed E-state index contributed by atoms with van der Waals surface area (Å²) in [4.78, 5) is 20.3. The van der Waals surface area contributed by atoms with Crippen molar-refractivity contribution in [2.45, 2.75) is 6.92 Å². The third-order valence-electron chi connectivity index (χ3n) is 4.14. The van der Waals surface area contributed by atoms with Crippen LogP contribution in [0.5, 0.6) is 5.75 Å². The summed E-state index contributed by atoms with van der Waals surface area (Å²) in [5.41, 5.74) is 4.25. The molecule has 0 saturated heterocycles. The van der Waals surface area contributed by atoms with E-state index >= 15 is 0 Å². The van der Waals surface area contributed by atoms with Crippen molar-refractivity contribution in [2.75, 3.05) is 12.4 Å². The highest BCUT2D eigenvalue weighted by Gasteiger charge is 2.18. The van der Waals surface area contributed by atoms with Crippen molar-refractivity contribution in [3.63, 3.8) is 0 Å². The summed E-state index contributed by atoms with van der Waals surface area (Å²) < 4.78 is 10.6. The highest BCUT2D eigenvalue weighted by atomic mass is 16.5. The van der Waals surface area contributed by atoms with Crippen LogP contribution in [0.3, 0.4) is 0 Å². The topological polar surface area (TPSA) is 90.1 Å².